The number of nitrogens with one attached hydrogen (secondary N) is 1. The molecule has 1 aromatic heterocycles. The highest BCUT2D eigenvalue weighted by molar-refractivity contribution is 7.99. The van der Waals surface area contributed by atoms with Crippen molar-refractivity contribution in [3.63, 3.8) is 0 Å². The van der Waals surface area contributed by atoms with E-state index in [4.69, 9.17) is 4.74 Å². The molecule has 4 nitrogen and oxygen atoms in total. The van der Waals surface area contributed by atoms with Crippen molar-refractivity contribution in [3.8, 4) is 0 Å². The minimum Gasteiger partial charge on any atom is -0.461 e. The molecule has 1 saturated heterocycles. The van der Waals surface area contributed by atoms with Crippen LogP contribution in [0.3, 0.4) is 0 Å². The predicted molar refractivity (Wildman–Crippen MR) is 81.4 cm³/mol. The van der Waals surface area contributed by atoms with Crippen molar-refractivity contribution in [2.24, 2.45) is 0 Å². The van der Waals surface area contributed by atoms with Gasteiger partial charge in [-0.15, -0.1) is 11.3 Å². The minimum atomic E-state index is -0.323. The number of aryl methyl sites for hydroxylation is 1. The zero-order valence-electron chi connectivity index (χ0n) is 11.4. The fourth-order valence-electron chi connectivity index (χ4n) is 2.03. The Morgan fingerprint density at radius 1 is 1.53 bits per heavy atom. The molecular weight excluding hydrogens is 280 g/mol. The van der Waals surface area contributed by atoms with Gasteiger partial charge in [0.15, 0.2) is 10.8 Å². The lowest BCUT2D eigenvalue weighted by atomic mass is 10.2. The number of hydrogen-bond acceptors (Lipinski definition) is 6. The molecule has 1 fully saturated rings. The van der Waals surface area contributed by atoms with Crippen LogP contribution in [0.15, 0.2) is 0 Å². The molecule has 0 aliphatic carbocycles. The number of thioether (sulfide) groups is 1. The molecule has 0 saturated carbocycles. The number of rotatable bonds is 5. The van der Waals surface area contributed by atoms with E-state index < -0.39 is 0 Å². The van der Waals surface area contributed by atoms with E-state index in [2.05, 4.69) is 10.3 Å². The van der Waals surface area contributed by atoms with Crippen molar-refractivity contribution >= 4 is 34.2 Å². The van der Waals surface area contributed by atoms with Crippen molar-refractivity contribution in [1.82, 2.24) is 4.98 Å². The molecular formula is C13H20N2O2S2. The van der Waals surface area contributed by atoms with Crippen LogP contribution in [0.5, 0.6) is 0 Å². The number of carbonyl (C=O) groups is 1. The van der Waals surface area contributed by atoms with Crippen LogP contribution in [-0.4, -0.2) is 35.1 Å². The summed E-state index contributed by atoms with van der Waals surface area (Å²) in [5, 5.41) is 4.85. The Hall–Kier alpha value is -0.750. The van der Waals surface area contributed by atoms with E-state index in [1.807, 2.05) is 18.7 Å². The van der Waals surface area contributed by atoms with Gasteiger partial charge in [-0.2, -0.15) is 11.8 Å². The molecule has 0 spiro atoms. The standard InChI is InChI=1S/C13H20N2O2S2/c1-3-17-12(16)11-9(2)19-13(15-11)14-8-10-6-4-5-7-18-10/h10H,3-8H2,1-2H3,(H,14,15). The van der Waals surface area contributed by atoms with E-state index >= 15 is 0 Å². The van der Waals surface area contributed by atoms with Crippen molar-refractivity contribution in [2.45, 2.75) is 38.4 Å². The fraction of sp³-hybridized carbons (Fsp3) is 0.692. The summed E-state index contributed by atoms with van der Waals surface area (Å²) in [4.78, 5) is 16.9. The smallest absolute Gasteiger partial charge is 0.358 e. The number of carbonyl (C=O) groups excluding carboxylic acids is 1. The van der Waals surface area contributed by atoms with Gasteiger partial charge in [-0.05, 0) is 32.4 Å². The maximum atomic E-state index is 11.7. The Morgan fingerprint density at radius 3 is 3.05 bits per heavy atom. The Labute approximate surface area is 122 Å². The van der Waals surface area contributed by atoms with Crippen LogP contribution >= 0.6 is 23.1 Å². The predicted octanol–water partition coefficient (Wildman–Crippen LogP) is 3.33. The Balaban J connectivity index is 1.90. The third-order valence-corrected chi connectivity index (χ3v) is 5.35. The molecule has 106 valence electrons. The van der Waals surface area contributed by atoms with Gasteiger partial charge in [-0.25, -0.2) is 9.78 Å². The van der Waals surface area contributed by atoms with Crippen LogP contribution < -0.4 is 5.32 Å². The molecule has 1 unspecified atom stereocenters. The van der Waals surface area contributed by atoms with Crippen molar-refractivity contribution in [1.29, 1.82) is 0 Å². The van der Waals surface area contributed by atoms with Crippen LogP contribution in [0.2, 0.25) is 0 Å². The largest absolute Gasteiger partial charge is 0.461 e. The van der Waals surface area contributed by atoms with Crippen molar-refractivity contribution in [3.05, 3.63) is 10.6 Å². The lowest BCUT2D eigenvalue weighted by Crippen LogP contribution is -2.20. The molecule has 1 atom stereocenters. The van der Waals surface area contributed by atoms with Gasteiger partial charge >= 0.3 is 5.97 Å². The highest BCUT2D eigenvalue weighted by atomic mass is 32.2. The monoisotopic (exact) mass is 300 g/mol. The van der Waals surface area contributed by atoms with Gasteiger partial charge in [-0.1, -0.05) is 6.42 Å². The summed E-state index contributed by atoms with van der Waals surface area (Å²) in [5.41, 5.74) is 0.450. The molecule has 1 N–H and O–H groups in total. The van der Waals surface area contributed by atoms with E-state index in [9.17, 15) is 4.79 Å². The van der Waals surface area contributed by atoms with Gasteiger partial charge in [-0.3, -0.25) is 0 Å². The molecule has 6 heteroatoms. The molecule has 1 aliphatic heterocycles. The number of aromatic nitrogens is 1. The second-order valence-electron chi connectivity index (χ2n) is 4.51. The van der Waals surface area contributed by atoms with Crippen molar-refractivity contribution in [2.75, 3.05) is 24.2 Å². The van der Waals surface area contributed by atoms with E-state index in [0.717, 1.165) is 16.6 Å². The third kappa shape index (κ3) is 4.11. The first-order valence-corrected chi connectivity index (χ1v) is 8.57. The zero-order valence-corrected chi connectivity index (χ0v) is 13.0. The third-order valence-electron chi connectivity index (χ3n) is 3.02. The number of ether oxygens (including phenoxy) is 1. The average Bonchev–Trinajstić information content (AvgIpc) is 2.79. The second kappa shape index (κ2) is 7.14. The van der Waals surface area contributed by atoms with Crippen molar-refractivity contribution < 1.29 is 9.53 Å². The van der Waals surface area contributed by atoms with Crippen LogP contribution in [0.25, 0.3) is 0 Å². The van der Waals surface area contributed by atoms with Gasteiger partial charge < -0.3 is 10.1 Å². The topological polar surface area (TPSA) is 51.2 Å². The van der Waals surface area contributed by atoms with Gasteiger partial charge in [0.05, 0.1) is 6.61 Å². The molecule has 2 heterocycles. The first kappa shape index (κ1) is 14.7. The Bertz CT molecular complexity index is 428. The number of thiazole rings is 1. The molecule has 0 amide bonds. The maximum absolute atomic E-state index is 11.7. The molecule has 1 aliphatic rings. The van der Waals surface area contributed by atoms with Crippen LogP contribution in [0.1, 0.15) is 41.6 Å². The molecule has 0 aromatic carbocycles. The van der Waals surface area contributed by atoms with Crippen LogP contribution in [0, 0.1) is 6.92 Å². The first-order valence-electron chi connectivity index (χ1n) is 6.70. The van der Waals surface area contributed by atoms with E-state index in [-0.39, 0.29) is 5.97 Å². The molecule has 0 radical (unpaired) electrons. The lowest BCUT2D eigenvalue weighted by molar-refractivity contribution is 0.0519. The SMILES string of the molecule is CCOC(=O)c1nc(NCC2CCCCS2)sc1C. The van der Waals surface area contributed by atoms with Crippen LogP contribution in [0.4, 0.5) is 5.13 Å². The fourth-order valence-corrected chi connectivity index (χ4v) is 4.08. The summed E-state index contributed by atoms with van der Waals surface area (Å²) in [6.07, 6.45) is 3.93. The highest BCUT2D eigenvalue weighted by Gasteiger charge is 2.18. The summed E-state index contributed by atoms with van der Waals surface area (Å²) in [5.74, 6) is 0.938. The summed E-state index contributed by atoms with van der Waals surface area (Å²) in [7, 11) is 0. The average molecular weight is 300 g/mol. The molecule has 19 heavy (non-hydrogen) atoms. The Morgan fingerprint density at radius 2 is 2.37 bits per heavy atom. The van der Waals surface area contributed by atoms with Crippen LogP contribution in [-0.2, 0) is 4.74 Å². The maximum Gasteiger partial charge on any atom is 0.358 e. The Kier molecular flexibility index (Phi) is 5.51. The molecule has 2 rings (SSSR count). The summed E-state index contributed by atoms with van der Waals surface area (Å²) in [6, 6.07) is 0. The minimum absolute atomic E-state index is 0.323. The number of anilines is 1. The normalized spacial score (nSPS) is 19.2. The van der Waals surface area contributed by atoms with E-state index in [1.54, 1.807) is 6.92 Å². The summed E-state index contributed by atoms with van der Waals surface area (Å²) < 4.78 is 4.99. The van der Waals surface area contributed by atoms with Gasteiger partial charge in [0.2, 0.25) is 0 Å². The zero-order chi connectivity index (χ0) is 13.7. The molecule has 0 bridgehead atoms. The first-order chi connectivity index (χ1) is 9.20. The lowest BCUT2D eigenvalue weighted by Gasteiger charge is -2.21. The van der Waals surface area contributed by atoms with Gasteiger partial charge in [0.25, 0.3) is 0 Å². The van der Waals surface area contributed by atoms with E-state index in [0.29, 0.717) is 17.6 Å². The second-order valence-corrected chi connectivity index (χ2v) is 7.13. The van der Waals surface area contributed by atoms with E-state index in [1.165, 1.54) is 36.4 Å². The van der Waals surface area contributed by atoms with Gasteiger partial charge in [0, 0.05) is 16.7 Å². The number of nitrogens with zero attached hydrogens (tertiary/aromatic N) is 1. The van der Waals surface area contributed by atoms with Gasteiger partial charge in [0.1, 0.15) is 0 Å². The summed E-state index contributed by atoms with van der Waals surface area (Å²) >= 11 is 3.56. The quantitative estimate of drug-likeness (QED) is 0.845. The number of hydrogen-bond donors (Lipinski definition) is 1. The summed E-state index contributed by atoms with van der Waals surface area (Å²) in [6.45, 7) is 5.03. The molecule has 1 aromatic rings. The number of esters is 1. The highest BCUT2D eigenvalue weighted by Crippen LogP contribution is 2.27.